The third-order valence-electron chi connectivity index (χ3n) is 2.40. The van der Waals surface area contributed by atoms with Crippen LogP contribution in [0.15, 0.2) is 0 Å². The van der Waals surface area contributed by atoms with Gasteiger partial charge in [0.1, 0.15) is 5.88 Å². The van der Waals surface area contributed by atoms with Crippen LogP contribution in [0.5, 0.6) is 0 Å². The lowest BCUT2D eigenvalue weighted by atomic mass is 10.2. The van der Waals surface area contributed by atoms with Crippen LogP contribution < -0.4 is 0 Å². The fraction of sp³-hybridized carbons (Fsp3) is 0.917. The van der Waals surface area contributed by atoms with Gasteiger partial charge in [-0.1, -0.05) is 19.8 Å². The summed E-state index contributed by atoms with van der Waals surface area (Å²) in [6.45, 7) is 5.97. The molecule has 0 fully saturated rings. The Morgan fingerprint density at radius 3 is 2.16 bits per heavy atom. The number of ether oxygens (including phenoxy) is 1. The van der Waals surface area contributed by atoms with Crippen molar-refractivity contribution in [2.75, 3.05) is 19.1 Å². The Morgan fingerprint density at radius 1 is 1.16 bits per heavy atom. The summed E-state index contributed by atoms with van der Waals surface area (Å²) in [6, 6.07) is 0. The summed E-state index contributed by atoms with van der Waals surface area (Å²) in [5.74, 6) is -1.75. The summed E-state index contributed by atoms with van der Waals surface area (Å²) in [7, 11) is -3.44. The van der Waals surface area contributed by atoms with E-state index in [0.29, 0.717) is 6.42 Å². The summed E-state index contributed by atoms with van der Waals surface area (Å²) in [5.41, 5.74) is 0. The molecule has 0 aliphatic heterocycles. The molecule has 0 aromatic heterocycles. The molecule has 5 nitrogen and oxygen atoms in total. The zero-order valence-corrected chi connectivity index (χ0v) is 13.5. The summed E-state index contributed by atoms with van der Waals surface area (Å²) < 4.78 is 28.2. The van der Waals surface area contributed by atoms with E-state index < -0.39 is 19.4 Å². The van der Waals surface area contributed by atoms with Gasteiger partial charge in [0.25, 0.3) is 0 Å². The van der Waals surface area contributed by atoms with Crippen molar-refractivity contribution in [2.24, 2.45) is 0 Å². The smallest absolute Gasteiger partial charge is 0.370 e. The first kappa shape index (κ1) is 18.9. The molecule has 0 amide bonds. The predicted molar refractivity (Wildman–Crippen MR) is 75.6 cm³/mol. The average Bonchev–Trinajstić information content (AvgIpc) is 2.38. The predicted octanol–water partition coefficient (Wildman–Crippen LogP) is 3.94. The van der Waals surface area contributed by atoms with Crippen molar-refractivity contribution < 1.29 is 23.1 Å². The van der Waals surface area contributed by atoms with Crippen LogP contribution in [0.1, 0.15) is 46.5 Å². The molecule has 0 saturated heterocycles. The van der Waals surface area contributed by atoms with Crippen LogP contribution in [-0.2, 0) is 23.1 Å². The fourth-order valence-electron chi connectivity index (χ4n) is 1.60. The molecule has 0 bridgehead atoms. The number of hydrogen-bond donors (Lipinski definition) is 0. The Labute approximate surface area is 120 Å². The third-order valence-corrected chi connectivity index (χ3v) is 4.93. The zero-order valence-electron chi connectivity index (χ0n) is 11.9. The highest BCUT2D eigenvalue weighted by molar-refractivity contribution is 7.54. The first-order valence-electron chi connectivity index (χ1n) is 6.68. The van der Waals surface area contributed by atoms with E-state index >= 15 is 0 Å². The molecule has 0 aliphatic rings. The molecule has 0 spiro atoms. The molecule has 0 aliphatic carbocycles. The molecule has 114 valence electrons. The first-order valence-corrected chi connectivity index (χ1v) is 8.82. The largest absolute Gasteiger partial charge is 0.448 e. The van der Waals surface area contributed by atoms with Gasteiger partial charge in [0.05, 0.1) is 13.2 Å². The second kappa shape index (κ2) is 10.7. The number of rotatable bonds is 11. The Kier molecular flexibility index (Phi) is 10.6. The van der Waals surface area contributed by atoms with E-state index in [1.165, 1.54) is 0 Å². The van der Waals surface area contributed by atoms with Crippen molar-refractivity contribution in [1.29, 1.82) is 0 Å². The van der Waals surface area contributed by atoms with Crippen LogP contribution in [-0.4, -0.2) is 30.9 Å². The number of carbonyl (C=O) groups is 1. The summed E-state index contributed by atoms with van der Waals surface area (Å²) >= 11 is 5.42. The minimum Gasteiger partial charge on any atom is -0.448 e. The number of hydrogen-bond acceptors (Lipinski definition) is 5. The number of halogens is 1. The monoisotopic (exact) mass is 314 g/mol. The van der Waals surface area contributed by atoms with Crippen LogP contribution in [0.2, 0.25) is 0 Å². The maximum Gasteiger partial charge on any atom is 0.370 e. The molecule has 0 unspecified atom stereocenters. The van der Waals surface area contributed by atoms with Gasteiger partial charge in [0.2, 0.25) is 5.85 Å². The number of unbranched alkanes of at least 4 members (excludes halogenated alkanes) is 2. The highest BCUT2D eigenvalue weighted by Crippen LogP contribution is 2.55. The number of esters is 1. The van der Waals surface area contributed by atoms with Crippen molar-refractivity contribution in [2.45, 2.75) is 52.3 Å². The molecule has 7 heteroatoms. The SMILES string of the molecule is CCCCC[C@H](OC(=O)CCl)P(=O)(OCC)OCC. The van der Waals surface area contributed by atoms with E-state index in [-0.39, 0.29) is 19.1 Å². The minimum absolute atomic E-state index is 0.236. The topological polar surface area (TPSA) is 61.8 Å². The lowest BCUT2D eigenvalue weighted by molar-refractivity contribution is -0.143. The second-order valence-corrected chi connectivity index (χ2v) is 6.39. The van der Waals surface area contributed by atoms with Crippen LogP contribution in [0.4, 0.5) is 0 Å². The van der Waals surface area contributed by atoms with E-state index in [9.17, 15) is 9.36 Å². The average molecular weight is 315 g/mol. The fourth-order valence-corrected chi connectivity index (χ4v) is 3.53. The molecule has 0 N–H and O–H groups in total. The van der Waals surface area contributed by atoms with Gasteiger partial charge in [0.15, 0.2) is 0 Å². The minimum atomic E-state index is -3.44. The van der Waals surface area contributed by atoms with Crippen molar-refractivity contribution in [3.63, 3.8) is 0 Å². The van der Waals surface area contributed by atoms with Crippen LogP contribution in [0.25, 0.3) is 0 Å². The molecule has 0 saturated carbocycles. The van der Waals surface area contributed by atoms with Crippen LogP contribution >= 0.6 is 19.2 Å². The highest BCUT2D eigenvalue weighted by Gasteiger charge is 2.38. The van der Waals surface area contributed by atoms with Crippen molar-refractivity contribution >= 4 is 25.2 Å². The van der Waals surface area contributed by atoms with E-state index in [1.54, 1.807) is 13.8 Å². The van der Waals surface area contributed by atoms with Crippen LogP contribution in [0, 0.1) is 0 Å². The summed E-state index contributed by atoms with van der Waals surface area (Å²) in [4.78, 5) is 11.3. The third kappa shape index (κ3) is 7.31. The van der Waals surface area contributed by atoms with Gasteiger partial charge >= 0.3 is 13.6 Å². The van der Waals surface area contributed by atoms with Gasteiger partial charge in [-0.2, -0.15) is 0 Å². The zero-order chi connectivity index (χ0) is 14.7. The molecule has 19 heavy (non-hydrogen) atoms. The summed E-state index contributed by atoms with van der Waals surface area (Å²) in [6.07, 6.45) is 3.23. The van der Waals surface area contributed by atoms with Crippen LogP contribution in [0.3, 0.4) is 0 Å². The Hall–Kier alpha value is -0.0900. The van der Waals surface area contributed by atoms with Crippen molar-refractivity contribution in [3.8, 4) is 0 Å². The highest BCUT2D eigenvalue weighted by atomic mass is 35.5. The molecule has 1 atom stereocenters. The van der Waals surface area contributed by atoms with Gasteiger partial charge in [-0.05, 0) is 26.7 Å². The molecule has 0 aromatic carbocycles. The van der Waals surface area contributed by atoms with Crippen molar-refractivity contribution in [1.82, 2.24) is 0 Å². The Balaban J connectivity index is 4.81. The summed E-state index contributed by atoms with van der Waals surface area (Å²) in [5, 5.41) is 0. The first-order chi connectivity index (χ1) is 9.03. The number of carbonyl (C=O) groups excluding carboxylic acids is 1. The van der Waals surface area contributed by atoms with Gasteiger partial charge in [-0.25, -0.2) is 0 Å². The van der Waals surface area contributed by atoms with Crippen molar-refractivity contribution in [3.05, 3.63) is 0 Å². The molecular weight excluding hydrogens is 291 g/mol. The second-order valence-electron chi connectivity index (χ2n) is 3.95. The standard InChI is InChI=1S/C12H24ClO5P/c1-4-7-8-9-12(18-11(14)10-13)19(15,16-5-2)17-6-3/h12H,4-10H2,1-3H3/t12-/m1/s1. The maximum atomic E-state index is 12.6. The molecule has 0 radical (unpaired) electrons. The normalized spacial score (nSPS) is 13.3. The van der Waals surface area contributed by atoms with Gasteiger partial charge < -0.3 is 13.8 Å². The van der Waals surface area contributed by atoms with Gasteiger partial charge in [-0.3, -0.25) is 9.36 Å². The molecular formula is C12H24ClO5P. The van der Waals surface area contributed by atoms with Gasteiger partial charge in [0, 0.05) is 0 Å². The quantitative estimate of drug-likeness (QED) is 0.250. The van der Waals surface area contributed by atoms with E-state index in [2.05, 4.69) is 6.92 Å². The maximum absolute atomic E-state index is 12.6. The lowest BCUT2D eigenvalue weighted by Gasteiger charge is -2.25. The van der Waals surface area contributed by atoms with Gasteiger partial charge in [-0.15, -0.1) is 11.6 Å². The molecule has 0 aromatic rings. The number of alkyl halides is 1. The Morgan fingerprint density at radius 2 is 1.74 bits per heavy atom. The Bertz CT molecular complexity index is 288. The lowest BCUT2D eigenvalue weighted by Crippen LogP contribution is -2.22. The van der Waals surface area contributed by atoms with E-state index in [4.69, 9.17) is 25.4 Å². The van der Waals surface area contributed by atoms with E-state index in [0.717, 1.165) is 19.3 Å². The van der Waals surface area contributed by atoms with E-state index in [1.807, 2.05) is 0 Å². The molecule has 0 rings (SSSR count). The molecule has 0 heterocycles.